The van der Waals surface area contributed by atoms with Crippen LogP contribution < -0.4 is 5.73 Å². The van der Waals surface area contributed by atoms with Gasteiger partial charge in [0.1, 0.15) is 5.82 Å². The minimum atomic E-state index is -3.23. The molecule has 30 heavy (non-hydrogen) atoms. The number of nitrogen functional groups attached to an aromatic ring is 1. The largest absolute Gasteiger partial charge is 0.383 e. The molecule has 0 fully saturated rings. The Labute approximate surface area is 172 Å². The highest BCUT2D eigenvalue weighted by atomic mass is 32.2. The number of nitrogens with two attached hydrogens (primary N) is 1. The van der Waals surface area contributed by atoms with Gasteiger partial charge in [-0.15, -0.1) is 10.2 Å². The molecule has 0 unspecified atom stereocenters. The van der Waals surface area contributed by atoms with E-state index in [0.717, 1.165) is 27.6 Å². The smallest absolute Gasteiger partial charge is 0.257 e. The lowest BCUT2D eigenvalue weighted by Crippen LogP contribution is -1.99. The van der Waals surface area contributed by atoms with Gasteiger partial charge in [-0.3, -0.25) is 4.40 Å². The average Bonchev–Trinajstić information content (AvgIpc) is 3.17. The molecule has 5 rings (SSSR count). The molecule has 0 aliphatic heterocycles. The van der Waals surface area contributed by atoms with Crippen molar-refractivity contribution in [3.63, 3.8) is 0 Å². The Morgan fingerprint density at radius 2 is 1.57 bits per heavy atom. The number of hydrogen-bond donors (Lipinski definition) is 1. The zero-order chi connectivity index (χ0) is 20.9. The van der Waals surface area contributed by atoms with Crippen LogP contribution >= 0.6 is 0 Å². The summed E-state index contributed by atoms with van der Waals surface area (Å²) in [4.78, 5) is 4.67. The lowest BCUT2D eigenvalue weighted by Gasteiger charge is -2.08. The van der Waals surface area contributed by atoms with Crippen LogP contribution in [0.5, 0.6) is 0 Å². The number of anilines is 1. The number of sulfone groups is 1. The first-order valence-corrected chi connectivity index (χ1v) is 11.1. The van der Waals surface area contributed by atoms with E-state index in [1.165, 1.54) is 6.26 Å². The van der Waals surface area contributed by atoms with Gasteiger partial charge in [0, 0.05) is 17.2 Å². The van der Waals surface area contributed by atoms with E-state index in [4.69, 9.17) is 5.73 Å². The SMILES string of the molecule is CS(=O)(=O)c1ccc(-c2cccc(-c3nnc4nc(N)c5ccccc5n34)c2)cc1. The fraction of sp³-hybridized carbons (Fsp3) is 0.0455. The maximum atomic E-state index is 11.7. The van der Waals surface area contributed by atoms with Crippen LogP contribution in [0.2, 0.25) is 0 Å². The van der Waals surface area contributed by atoms with Gasteiger partial charge in [0.25, 0.3) is 5.78 Å². The molecular weight excluding hydrogens is 398 g/mol. The Morgan fingerprint density at radius 3 is 2.33 bits per heavy atom. The molecule has 0 aliphatic carbocycles. The summed E-state index contributed by atoms with van der Waals surface area (Å²) in [5, 5.41) is 9.39. The molecule has 0 atom stereocenters. The molecule has 5 aromatic rings. The zero-order valence-corrected chi connectivity index (χ0v) is 16.8. The minimum absolute atomic E-state index is 0.293. The molecular formula is C22H17N5O2S. The summed E-state index contributed by atoms with van der Waals surface area (Å²) in [6, 6.07) is 22.4. The molecule has 0 aliphatic rings. The second kappa shape index (κ2) is 6.64. The summed E-state index contributed by atoms with van der Waals surface area (Å²) in [6.45, 7) is 0. The summed E-state index contributed by atoms with van der Waals surface area (Å²) in [6.07, 6.45) is 1.20. The Bertz CT molecular complexity index is 1520. The van der Waals surface area contributed by atoms with E-state index in [1.54, 1.807) is 24.3 Å². The molecule has 0 spiro atoms. The van der Waals surface area contributed by atoms with Crippen molar-refractivity contribution in [3.8, 4) is 22.5 Å². The van der Waals surface area contributed by atoms with E-state index in [2.05, 4.69) is 15.2 Å². The van der Waals surface area contributed by atoms with Gasteiger partial charge in [0.15, 0.2) is 15.7 Å². The molecule has 2 heterocycles. The van der Waals surface area contributed by atoms with Crippen molar-refractivity contribution in [1.82, 2.24) is 19.6 Å². The normalized spacial score (nSPS) is 11.9. The molecule has 2 N–H and O–H groups in total. The molecule has 7 nitrogen and oxygen atoms in total. The van der Waals surface area contributed by atoms with E-state index in [9.17, 15) is 8.42 Å². The highest BCUT2D eigenvalue weighted by Crippen LogP contribution is 2.29. The molecule has 3 aromatic carbocycles. The van der Waals surface area contributed by atoms with Gasteiger partial charge >= 0.3 is 0 Å². The minimum Gasteiger partial charge on any atom is -0.383 e. The van der Waals surface area contributed by atoms with Crippen molar-refractivity contribution >= 4 is 32.3 Å². The maximum Gasteiger partial charge on any atom is 0.257 e. The number of para-hydroxylation sites is 1. The summed E-state index contributed by atoms with van der Waals surface area (Å²) >= 11 is 0. The first-order chi connectivity index (χ1) is 14.4. The van der Waals surface area contributed by atoms with Crippen molar-refractivity contribution in [3.05, 3.63) is 72.8 Å². The van der Waals surface area contributed by atoms with Crippen LogP contribution in [0.25, 0.3) is 39.2 Å². The van der Waals surface area contributed by atoms with E-state index < -0.39 is 9.84 Å². The Kier molecular flexibility index (Phi) is 4.04. The number of rotatable bonds is 3. The summed E-state index contributed by atoms with van der Waals surface area (Å²) in [7, 11) is -3.23. The van der Waals surface area contributed by atoms with Gasteiger partial charge in [-0.2, -0.15) is 4.98 Å². The van der Waals surface area contributed by atoms with E-state index in [1.807, 2.05) is 52.9 Å². The van der Waals surface area contributed by atoms with Crippen molar-refractivity contribution < 1.29 is 8.42 Å². The highest BCUT2D eigenvalue weighted by molar-refractivity contribution is 7.90. The first-order valence-electron chi connectivity index (χ1n) is 9.22. The summed E-state index contributed by atoms with van der Waals surface area (Å²) in [5.74, 6) is 1.50. The molecule has 0 radical (unpaired) electrons. The third-order valence-electron chi connectivity index (χ3n) is 5.02. The van der Waals surface area contributed by atoms with E-state index >= 15 is 0 Å². The number of benzene rings is 3. The van der Waals surface area contributed by atoms with Crippen LogP contribution in [0, 0.1) is 0 Å². The molecule has 0 saturated carbocycles. The van der Waals surface area contributed by atoms with Crippen LogP contribution in [0.3, 0.4) is 0 Å². The highest BCUT2D eigenvalue weighted by Gasteiger charge is 2.15. The Morgan fingerprint density at radius 1 is 0.833 bits per heavy atom. The average molecular weight is 415 g/mol. The number of aromatic nitrogens is 4. The Balaban J connectivity index is 1.66. The van der Waals surface area contributed by atoms with Gasteiger partial charge in [-0.1, -0.05) is 42.5 Å². The van der Waals surface area contributed by atoms with E-state index in [-0.39, 0.29) is 0 Å². The maximum absolute atomic E-state index is 11.7. The van der Waals surface area contributed by atoms with Crippen molar-refractivity contribution in [2.45, 2.75) is 4.90 Å². The summed E-state index contributed by atoms with van der Waals surface area (Å²) < 4.78 is 25.3. The van der Waals surface area contributed by atoms with Crippen LogP contribution in [0.15, 0.2) is 77.7 Å². The number of nitrogens with zero attached hydrogens (tertiary/aromatic N) is 4. The second-order valence-corrected chi connectivity index (χ2v) is 9.07. The van der Waals surface area contributed by atoms with Crippen LogP contribution in [-0.2, 0) is 9.84 Å². The zero-order valence-electron chi connectivity index (χ0n) is 16.0. The predicted molar refractivity (Wildman–Crippen MR) is 117 cm³/mol. The predicted octanol–water partition coefficient (Wildman–Crippen LogP) is 3.60. The van der Waals surface area contributed by atoms with Gasteiger partial charge in [0.2, 0.25) is 0 Å². The second-order valence-electron chi connectivity index (χ2n) is 7.05. The standard InChI is InChI=1S/C22H17N5O2S/c1-30(28,29)17-11-9-14(10-12-17)15-5-4-6-16(13-15)21-25-26-22-24-20(23)18-7-2-3-8-19(18)27(21)22/h2-13H,1H3,(H2,23,24,26). The topological polar surface area (TPSA) is 103 Å². The number of hydrogen-bond acceptors (Lipinski definition) is 6. The van der Waals surface area contributed by atoms with Gasteiger partial charge < -0.3 is 5.73 Å². The fourth-order valence-electron chi connectivity index (χ4n) is 3.54. The van der Waals surface area contributed by atoms with Gasteiger partial charge in [0.05, 0.1) is 10.4 Å². The quantitative estimate of drug-likeness (QED) is 0.483. The van der Waals surface area contributed by atoms with E-state index in [0.29, 0.717) is 22.3 Å². The van der Waals surface area contributed by atoms with Crippen molar-refractivity contribution in [2.24, 2.45) is 0 Å². The van der Waals surface area contributed by atoms with Crippen LogP contribution in [0.1, 0.15) is 0 Å². The molecule has 0 bridgehead atoms. The van der Waals surface area contributed by atoms with Crippen molar-refractivity contribution in [2.75, 3.05) is 12.0 Å². The third-order valence-corrected chi connectivity index (χ3v) is 6.15. The summed E-state index contributed by atoms with van der Waals surface area (Å²) in [5.41, 5.74) is 9.67. The van der Waals surface area contributed by atoms with Crippen LogP contribution in [0.4, 0.5) is 5.82 Å². The third kappa shape index (κ3) is 2.98. The lowest BCUT2D eigenvalue weighted by atomic mass is 10.0. The molecule has 0 saturated heterocycles. The molecule has 2 aromatic heterocycles. The lowest BCUT2D eigenvalue weighted by molar-refractivity contribution is 0.602. The van der Waals surface area contributed by atoms with Gasteiger partial charge in [-0.05, 0) is 41.5 Å². The number of fused-ring (bicyclic) bond motifs is 3. The van der Waals surface area contributed by atoms with Crippen LogP contribution in [-0.4, -0.2) is 34.3 Å². The van der Waals surface area contributed by atoms with Gasteiger partial charge in [-0.25, -0.2) is 8.42 Å². The molecule has 148 valence electrons. The monoisotopic (exact) mass is 415 g/mol. The molecule has 0 amide bonds. The van der Waals surface area contributed by atoms with Crippen molar-refractivity contribution in [1.29, 1.82) is 0 Å². The molecule has 8 heteroatoms. The fourth-order valence-corrected chi connectivity index (χ4v) is 4.17. The Hall–Kier alpha value is -3.78. The first kappa shape index (κ1) is 18.3.